The summed E-state index contributed by atoms with van der Waals surface area (Å²) in [5, 5.41) is 14.8. The van der Waals surface area contributed by atoms with Crippen molar-refractivity contribution in [3.05, 3.63) is 65.3 Å². The number of aryl methyl sites for hydroxylation is 1. The molecule has 124 valence electrons. The molecule has 0 aliphatic carbocycles. The van der Waals surface area contributed by atoms with E-state index in [1.54, 1.807) is 6.20 Å². The number of H-pyrrole nitrogens is 1. The molecule has 0 amide bonds. The zero-order chi connectivity index (χ0) is 17.2. The van der Waals surface area contributed by atoms with Crippen molar-refractivity contribution in [2.45, 2.75) is 6.92 Å². The Balaban J connectivity index is 1.77. The normalized spacial score (nSPS) is 10.8. The predicted molar refractivity (Wildman–Crippen MR) is 101 cm³/mol. The largest absolute Gasteiger partial charge is 0.325 e. The average molecular weight is 351 g/mol. The number of aromatic amines is 1. The van der Waals surface area contributed by atoms with Gasteiger partial charge in [0.05, 0.1) is 22.4 Å². The van der Waals surface area contributed by atoms with Gasteiger partial charge in [-0.1, -0.05) is 29.8 Å². The first-order valence-corrected chi connectivity index (χ1v) is 8.13. The molecule has 0 aliphatic heterocycles. The Morgan fingerprint density at radius 1 is 1.00 bits per heavy atom. The van der Waals surface area contributed by atoms with Crippen LogP contribution in [0.4, 0.5) is 23.3 Å². The molecule has 0 atom stereocenters. The van der Waals surface area contributed by atoms with Crippen LogP contribution < -0.4 is 10.6 Å². The Morgan fingerprint density at radius 3 is 2.72 bits per heavy atom. The first kappa shape index (κ1) is 15.4. The number of aromatic nitrogens is 4. The van der Waals surface area contributed by atoms with Gasteiger partial charge in [0.25, 0.3) is 0 Å². The predicted octanol–water partition coefficient (Wildman–Crippen LogP) is 4.80. The summed E-state index contributed by atoms with van der Waals surface area (Å²) in [6.45, 7) is 2.01. The highest BCUT2D eigenvalue weighted by molar-refractivity contribution is 6.33. The van der Waals surface area contributed by atoms with Crippen LogP contribution in [0.3, 0.4) is 0 Å². The van der Waals surface area contributed by atoms with Gasteiger partial charge in [0.15, 0.2) is 0 Å². The third-order valence-corrected chi connectivity index (χ3v) is 4.05. The summed E-state index contributed by atoms with van der Waals surface area (Å²) in [5.74, 6) is 1.90. The van der Waals surface area contributed by atoms with Crippen LogP contribution in [-0.2, 0) is 0 Å². The molecule has 0 bridgehead atoms. The summed E-state index contributed by atoms with van der Waals surface area (Å²) in [5.41, 5.74) is 2.69. The maximum atomic E-state index is 6.27. The van der Waals surface area contributed by atoms with Gasteiger partial charge in [-0.25, -0.2) is 4.98 Å². The van der Waals surface area contributed by atoms with Gasteiger partial charge in [0, 0.05) is 11.5 Å². The van der Waals surface area contributed by atoms with Crippen LogP contribution in [0.5, 0.6) is 0 Å². The molecule has 0 saturated heterocycles. The van der Waals surface area contributed by atoms with E-state index in [4.69, 9.17) is 11.6 Å². The third kappa shape index (κ3) is 3.25. The molecular weight excluding hydrogens is 336 g/mol. The monoisotopic (exact) mass is 350 g/mol. The molecule has 25 heavy (non-hydrogen) atoms. The molecular formula is C18H15ClN6. The molecule has 0 unspecified atom stereocenters. The van der Waals surface area contributed by atoms with Gasteiger partial charge in [-0.2, -0.15) is 10.1 Å². The lowest BCUT2D eigenvalue weighted by atomic mass is 10.2. The van der Waals surface area contributed by atoms with Crippen molar-refractivity contribution in [1.29, 1.82) is 0 Å². The average Bonchev–Trinajstić information content (AvgIpc) is 3.11. The van der Waals surface area contributed by atoms with Gasteiger partial charge in [0.2, 0.25) is 5.95 Å². The van der Waals surface area contributed by atoms with Gasteiger partial charge >= 0.3 is 0 Å². The molecule has 0 radical (unpaired) electrons. The van der Waals surface area contributed by atoms with Crippen molar-refractivity contribution in [3.8, 4) is 0 Å². The fraction of sp³-hybridized carbons (Fsp3) is 0.0556. The molecule has 4 rings (SSSR count). The number of fused-ring (bicyclic) bond motifs is 1. The van der Waals surface area contributed by atoms with E-state index in [9.17, 15) is 0 Å². The standard InChI is InChI=1S/C18H15ClN6/c1-11-6-7-13(19)15(10-11)22-18-21-14-5-3-2-4-12(14)17(24-18)23-16-8-9-20-25-16/h2-10H,1H3,(H3,20,21,22,23,24,25). The molecule has 2 aromatic heterocycles. The van der Waals surface area contributed by atoms with Gasteiger partial charge in [0.1, 0.15) is 11.6 Å². The second-order valence-electron chi connectivity index (χ2n) is 5.62. The number of nitrogens with zero attached hydrogens (tertiary/aromatic N) is 3. The van der Waals surface area contributed by atoms with Crippen molar-refractivity contribution in [1.82, 2.24) is 20.2 Å². The number of rotatable bonds is 4. The van der Waals surface area contributed by atoms with Crippen LogP contribution in [0.1, 0.15) is 5.56 Å². The first-order valence-electron chi connectivity index (χ1n) is 7.75. The smallest absolute Gasteiger partial charge is 0.229 e. The molecule has 2 heterocycles. The van der Waals surface area contributed by atoms with E-state index in [0.717, 1.165) is 28.0 Å². The maximum absolute atomic E-state index is 6.27. The van der Waals surface area contributed by atoms with Crippen LogP contribution in [0, 0.1) is 6.92 Å². The fourth-order valence-electron chi connectivity index (χ4n) is 2.54. The quantitative estimate of drug-likeness (QED) is 0.492. The second kappa shape index (κ2) is 6.41. The summed E-state index contributed by atoms with van der Waals surface area (Å²) in [6.07, 6.45) is 1.68. The SMILES string of the molecule is Cc1ccc(Cl)c(Nc2nc(Nc3ccn[nH]3)c3ccccc3n2)c1. The lowest BCUT2D eigenvalue weighted by Gasteiger charge is -2.12. The number of anilines is 4. The molecule has 7 heteroatoms. The number of halogens is 1. The van der Waals surface area contributed by atoms with E-state index in [2.05, 4.69) is 30.8 Å². The van der Waals surface area contributed by atoms with Gasteiger partial charge in [-0.3, -0.25) is 5.10 Å². The van der Waals surface area contributed by atoms with E-state index in [0.29, 0.717) is 16.8 Å². The second-order valence-corrected chi connectivity index (χ2v) is 6.02. The van der Waals surface area contributed by atoms with E-state index >= 15 is 0 Å². The van der Waals surface area contributed by atoms with Crippen LogP contribution in [0.25, 0.3) is 10.9 Å². The van der Waals surface area contributed by atoms with E-state index < -0.39 is 0 Å². The van der Waals surface area contributed by atoms with Crippen molar-refractivity contribution < 1.29 is 0 Å². The molecule has 4 aromatic rings. The maximum Gasteiger partial charge on any atom is 0.229 e. The topological polar surface area (TPSA) is 78.5 Å². The van der Waals surface area contributed by atoms with E-state index in [1.165, 1.54) is 0 Å². The van der Waals surface area contributed by atoms with Gasteiger partial charge in [-0.05, 0) is 36.8 Å². The summed E-state index contributed by atoms with van der Waals surface area (Å²) < 4.78 is 0. The van der Waals surface area contributed by atoms with Crippen LogP contribution >= 0.6 is 11.6 Å². The highest BCUT2D eigenvalue weighted by atomic mass is 35.5. The highest BCUT2D eigenvalue weighted by Gasteiger charge is 2.10. The Hall–Kier alpha value is -3.12. The van der Waals surface area contributed by atoms with Crippen molar-refractivity contribution in [3.63, 3.8) is 0 Å². The lowest BCUT2D eigenvalue weighted by Crippen LogP contribution is -2.03. The van der Waals surface area contributed by atoms with Crippen molar-refractivity contribution >= 4 is 45.8 Å². The number of nitrogens with one attached hydrogen (secondary N) is 3. The first-order chi connectivity index (χ1) is 12.2. The summed E-state index contributed by atoms with van der Waals surface area (Å²) in [7, 11) is 0. The molecule has 0 aliphatic rings. The zero-order valence-electron chi connectivity index (χ0n) is 13.4. The fourth-order valence-corrected chi connectivity index (χ4v) is 2.70. The molecule has 0 fully saturated rings. The van der Waals surface area contributed by atoms with Gasteiger partial charge in [-0.15, -0.1) is 0 Å². The van der Waals surface area contributed by atoms with Crippen molar-refractivity contribution in [2.24, 2.45) is 0 Å². The van der Waals surface area contributed by atoms with E-state index in [1.807, 2.05) is 55.5 Å². The minimum Gasteiger partial charge on any atom is -0.325 e. The molecule has 2 aromatic carbocycles. The summed E-state index contributed by atoms with van der Waals surface area (Å²) >= 11 is 6.27. The molecule has 6 nitrogen and oxygen atoms in total. The zero-order valence-corrected chi connectivity index (χ0v) is 14.2. The van der Waals surface area contributed by atoms with Crippen LogP contribution in [-0.4, -0.2) is 20.2 Å². The minimum atomic E-state index is 0.466. The third-order valence-electron chi connectivity index (χ3n) is 3.73. The Kier molecular flexibility index (Phi) is 3.95. The van der Waals surface area contributed by atoms with E-state index in [-0.39, 0.29) is 0 Å². The minimum absolute atomic E-state index is 0.466. The van der Waals surface area contributed by atoms with Crippen LogP contribution in [0.2, 0.25) is 5.02 Å². The Morgan fingerprint density at radius 2 is 1.88 bits per heavy atom. The number of para-hydroxylation sites is 1. The number of hydrogen-bond donors (Lipinski definition) is 3. The Labute approximate surface area is 149 Å². The van der Waals surface area contributed by atoms with Gasteiger partial charge < -0.3 is 10.6 Å². The van der Waals surface area contributed by atoms with Crippen molar-refractivity contribution in [2.75, 3.05) is 10.6 Å². The number of benzene rings is 2. The summed E-state index contributed by atoms with van der Waals surface area (Å²) in [6, 6.07) is 15.4. The highest BCUT2D eigenvalue weighted by Crippen LogP contribution is 2.28. The Bertz CT molecular complexity index is 1030. The molecule has 3 N–H and O–H groups in total. The summed E-state index contributed by atoms with van der Waals surface area (Å²) in [4.78, 5) is 9.19. The number of hydrogen-bond acceptors (Lipinski definition) is 5. The molecule has 0 saturated carbocycles. The molecule has 0 spiro atoms. The van der Waals surface area contributed by atoms with Crippen LogP contribution in [0.15, 0.2) is 54.7 Å². The lowest BCUT2D eigenvalue weighted by molar-refractivity contribution is 1.09.